The molecule has 0 unspecified atom stereocenters. The van der Waals surface area contributed by atoms with Crippen molar-refractivity contribution in [3.8, 4) is 22.3 Å². The molecule has 0 spiro atoms. The minimum atomic E-state index is 0.758. The zero-order valence-corrected chi connectivity index (χ0v) is 28.0. The molecule has 234 valence electrons. The molecule has 0 saturated heterocycles. The molecular weight excluding hydrogens is 599 g/mol. The van der Waals surface area contributed by atoms with Crippen LogP contribution in [-0.2, 0) is 0 Å². The summed E-state index contributed by atoms with van der Waals surface area (Å²) in [5.41, 5.74) is 10.3. The highest BCUT2D eigenvalue weighted by Crippen LogP contribution is 2.60. The molecule has 48 heavy (non-hydrogen) atoms. The van der Waals surface area contributed by atoms with Gasteiger partial charge in [0.1, 0.15) is 0 Å². The van der Waals surface area contributed by atoms with Gasteiger partial charge in [0, 0.05) is 26.8 Å². The van der Waals surface area contributed by atoms with E-state index in [0.29, 0.717) is 0 Å². The van der Waals surface area contributed by atoms with E-state index in [2.05, 4.69) is 150 Å². The first-order valence-corrected chi connectivity index (χ1v) is 18.6. The highest BCUT2D eigenvalue weighted by atomic mass is 32.1. The molecule has 4 aliphatic rings. The average molecular weight is 638 g/mol. The first-order chi connectivity index (χ1) is 23.7. The molecular formula is C46H39NS. The van der Waals surface area contributed by atoms with Crippen molar-refractivity contribution < 1.29 is 0 Å². The van der Waals surface area contributed by atoms with E-state index >= 15 is 0 Å². The highest BCUT2D eigenvalue weighted by molar-refractivity contribution is 7.26. The molecule has 0 radical (unpaired) electrons. The fourth-order valence-corrected chi connectivity index (χ4v) is 11.2. The smallest absolute Gasteiger partial charge is 0.0640 e. The van der Waals surface area contributed by atoms with Crippen molar-refractivity contribution in [1.82, 2.24) is 0 Å². The zero-order valence-electron chi connectivity index (χ0n) is 27.1. The third-order valence-corrected chi connectivity index (χ3v) is 13.0. The number of hydrogen-bond acceptors (Lipinski definition) is 2. The van der Waals surface area contributed by atoms with Crippen LogP contribution in [0.2, 0.25) is 0 Å². The number of hydrogen-bond donors (Lipinski definition) is 0. The van der Waals surface area contributed by atoms with Crippen molar-refractivity contribution in [1.29, 1.82) is 0 Å². The third kappa shape index (κ3) is 4.80. The molecule has 4 fully saturated rings. The van der Waals surface area contributed by atoms with Crippen LogP contribution in [-0.4, -0.2) is 0 Å². The van der Waals surface area contributed by atoms with E-state index < -0.39 is 0 Å². The predicted molar refractivity (Wildman–Crippen MR) is 205 cm³/mol. The van der Waals surface area contributed by atoms with Crippen LogP contribution in [0.4, 0.5) is 17.1 Å². The van der Waals surface area contributed by atoms with Gasteiger partial charge in [-0.05, 0) is 126 Å². The Hall–Kier alpha value is -4.66. The van der Waals surface area contributed by atoms with Crippen LogP contribution < -0.4 is 4.90 Å². The van der Waals surface area contributed by atoms with Gasteiger partial charge in [0.05, 0.1) is 10.4 Å². The van der Waals surface area contributed by atoms with Crippen molar-refractivity contribution in [2.45, 2.75) is 38.0 Å². The van der Waals surface area contributed by atoms with Crippen molar-refractivity contribution in [3.05, 3.63) is 151 Å². The van der Waals surface area contributed by atoms with Crippen LogP contribution in [0, 0.1) is 23.7 Å². The largest absolute Gasteiger partial charge is 0.309 e. The van der Waals surface area contributed by atoms with Gasteiger partial charge in [0.25, 0.3) is 0 Å². The second kappa shape index (κ2) is 11.5. The minimum absolute atomic E-state index is 0.758. The van der Waals surface area contributed by atoms with E-state index in [1.54, 1.807) is 5.56 Å². The molecule has 1 nitrogen and oxygen atoms in total. The monoisotopic (exact) mass is 637 g/mol. The molecule has 6 aromatic carbocycles. The van der Waals surface area contributed by atoms with Gasteiger partial charge < -0.3 is 4.90 Å². The highest BCUT2D eigenvalue weighted by Gasteiger charge is 2.48. The molecule has 1 heterocycles. The third-order valence-electron chi connectivity index (χ3n) is 11.8. The Morgan fingerprint density at radius 2 is 1.02 bits per heavy atom. The Morgan fingerprint density at radius 3 is 1.73 bits per heavy atom. The molecule has 7 aromatic rings. The lowest BCUT2D eigenvalue weighted by atomic mass is 9.50. The van der Waals surface area contributed by atoms with Crippen LogP contribution in [0.3, 0.4) is 0 Å². The van der Waals surface area contributed by atoms with Gasteiger partial charge >= 0.3 is 0 Å². The number of anilines is 3. The summed E-state index contributed by atoms with van der Waals surface area (Å²) in [5.74, 6) is 4.58. The van der Waals surface area contributed by atoms with Gasteiger partial charge in [-0.2, -0.15) is 0 Å². The maximum Gasteiger partial charge on any atom is 0.0640 e. The van der Waals surface area contributed by atoms with E-state index in [0.717, 1.165) is 35.3 Å². The lowest BCUT2D eigenvalue weighted by Gasteiger charge is -2.54. The minimum Gasteiger partial charge on any atom is -0.309 e. The fraction of sp³-hybridized carbons (Fsp3) is 0.217. The number of fused-ring (bicyclic) bond motifs is 3. The second-order valence-electron chi connectivity index (χ2n) is 14.6. The molecule has 1 aromatic heterocycles. The SMILES string of the molecule is c1ccc(-c2ccc(N(c3ccc(-c4cccc(C5C6CC7CC(C6)CC5C7)c4)cc3)c3cccc4c3sc3ccccc34)cc2)cc1. The first-order valence-electron chi connectivity index (χ1n) is 17.8. The van der Waals surface area contributed by atoms with E-state index in [1.165, 1.54) is 85.9 Å². The topological polar surface area (TPSA) is 3.24 Å². The molecule has 2 heteroatoms. The van der Waals surface area contributed by atoms with Crippen molar-refractivity contribution in [2.75, 3.05) is 4.90 Å². The van der Waals surface area contributed by atoms with Crippen LogP contribution in [0.25, 0.3) is 42.4 Å². The van der Waals surface area contributed by atoms with E-state index in [9.17, 15) is 0 Å². The van der Waals surface area contributed by atoms with Crippen LogP contribution in [0.1, 0.15) is 43.6 Å². The molecule has 4 bridgehead atoms. The van der Waals surface area contributed by atoms with Gasteiger partial charge in [0.2, 0.25) is 0 Å². The Kier molecular flexibility index (Phi) is 6.79. The maximum atomic E-state index is 2.53. The summed E-state index contributed by atoms with van der Waals surface area (Å²) in [6, 6.07) is 54.2. The van der Waals surface area contributed by atoms with Crippen LogP contribution >= 0.6 is 11.3 Å². The molecule has 11 rings (SSSR count). The number of rotatable bonds is 6. The number of benzene rings is 6. The summed E-state index contributed by atoms with van der Waals surface area (Å²) in [6.45, 7) is 0. The summed E-state index contributed by atoms with van der Waals surface area (Å²) in [7, 11) is 0. The molecule has 0 N–H and O–H groups in total. The molecule has 0 amide bonds. The van der Waals surface area contributed by atoms with Crippen molar-refractivity contribution >= 4 is 48.6 Å². The zero-order chi connectivity index (χ0) is 31.6. The van der Waals surface area contributed by atoms with Gasteiger partial charge in [-0.15, -0.1) is 11.3 Å². The predicted octanol–water partition coefficient (Wildman–Crippen LogP) is 13.4. The average Bonchev–Trinajstić information content (AvgIpc) is 3.52. The quantitative estimate of drug-likeness (QED) is 0.175. The Bertz CT molecular complexity index is 2220. The summed E-state index contributed by atoms with van der Waals surface area (Å²) >= 11 is 1.89. The second-order valence-corrected chi connectivity index (χ2v) is 15.7. The van der Waals surface area contributed by atoms with Gasteiger partial charge in [-0.1, -0.05) is 109 Å². The Morgan fingerprint density at radius 1 is 0.458 bits per heavy atom. The summed E-state index contributed by atoms with van der Waals surface area (Å²) in [6.07, 6.45) is 7.37. The lowest BCUT2D eigenvalue weighted by Crippen LogP contribution is -2.43. The van der Waals surface area contributed by atoms with Crippen LogP contribution in [0.15, 0.2) is 146 Å². The normalized spacial score (nSPS) is 22.8. The van der Waals surface area contributed by atoms with Gasteiger partial charge in [-0.25, -0.2) is 0 Å². The number of nitrogens with zero attached hydrogens (tertiary/aromatic N) is 1. The van der Waals surface area contributed by atoms with Gasteiger partial charge in [-0.3, -0.25) is 0 Å². The summed E-state index contributed by atoms with van der Waals surface area (Å²) in [5, 5.41) is 2.64. The molecule has 0 aliphatic heterocycles. The Labute approximate surface area is 287 Å². The van der Waals surface area contributed by atoms with E-state index in [1.807, 2.05) is 11.3 Å². The molecule has 4 aliphatic carbocycles. The first kappa shape index (κ1) is 28.4. The number of thiophene rings is 1. The lowest BCUT2D eigenvalue weighted by molar-refractivity contribution is -0.00276. The molecule has 0 atom stereocenters. The van der Waals surface area contributed by atoms with Crippen LogP contribution in [0.5, 0.6) is 0 Å². The van der Waals surface area contributed by atoms with Crippen molar-refractivity contribution in [3.63, 3.8) is 0 Å². The summed E-state index contributed by atoms with van der Waals surface area (Å²) < 4.78 is 2.65. The van der Waals surface area contributed by atoms with Crippen molar-refractivity contribution in [2.24, 2.45) is 23.7 Å². The van der Waals surface area contributed by atoms with E-state index in [-0.39, 0.29) is 0 Å². The summed E-state index contributed by atoms with van der Waals surface area (Å²) in [4.78, 5) is 2.45. The standard InChI is InChI=1S/C46H39NS/c1-2-8-32(9-3-1)33-16-20-39(21-17-33)47(43-14-7-13-42-41-12-4-5-15-44(41)48-46(42)43)40-22-18-34(19-23-40)35-10-6-11-36(29-35)45-37-25-30-24-31(27-37)28-38(45)26-30/h1-23,29-31,37-38,45H,24-28H2. The fourth-order valence-electron chi connectivity index (χ4n) is 9.97. The maximum absolute atomic E-state index is 2.53. The van der Waals surface area contributed by atoms with E-state index in [4.69, 9.17) is 0 Å². The van der Waals surface area contributed by atoms with Gasteiger partial charge in [0.15, 0.2) is 0 Å². The Balaban J connectivity index is 1.04. The molecule has 4 saturated carbocycles.